The third-order valence-electron chi connectivity index (χ3n) is 9.52. The van der Waals surface area contributed by atoms with E-state index in [1.807, 2.05) is 36.5 Å². The average molecular weight is 815 g/mol. The fourth-order valence-corrected chi connectivity index (χ4v) is 6.91. The zero-order valence-electron chi connectivity index (χ0n) is 34.2. The summed E-state index contributed by atoms with van der Waals surface area (Å²) < 4.78 is 53.9. The number of aliphatic hydroxyl groups excluding tert-OH is 3. The fraction of sp³-hybridized carbons (Fsp3) is 0.767. The van der Waals surface area contributed by atoms with Crippen LogP contribution in [-0.4, -0.2) is 96.0 Å². The lowest BCUT2D eigenvalue weighted by Crippen LogP contribution is -2.60. The van der Waals surface area contributed by atoms with Gasteiger partial charge in [0.15, 0.2) is 12.4 Å². The van der Waals surface area contributed by atoms with Gasteiger partial charge in [-0.15, -0.1) is 0 Å². The quantitative estimate of drug-likeness (QED) is 0.0213. The molecule has 13 heteroatoms. The standard InChI is InChI=1S/C43H74O12S/c1-3-5-7-9-11-13-15-17-18-20-21-23-25-27-29-31-38(44)52-33-36(34-53-43-42(48)41(47)40(46)37(55-43)35-56(49,50)51)54-39(45)32-30-28-26-24-22-19-16-14-12-10-8-6-4-2/h5,7,9,11,13,15,17-18,36-37,40-43,46-48H,3-4,6,8,10,12,14,16,19-35H2,1-2H3,(H,49,50,51)/b7-5+,11-9+,15-13+,18-17+/t36-,37-,40-,41?,42?,43+/m1/s1. The molecule has 0 aliphatic carbocycles. The Morgan fingerprint density at radius 2 is 1.12 bits per heavy atom. The molecule has 0 radical (unpaired) electrons. The molecule has 1 fully saturated rings. The molecule has 56 heavy (non-hydrogen) atoms. The number of unbranched alkanes of at least 4 members (excludes halogenated alkanes) is 17. The van der Waals surface area contributed by atoms with Crippen molar-refractivity contribution in [3.8, 4) is 0 Å². The van der Waals surface area contributed by atoms with Crippen molar-refractivity contribution in [1.82, 2.24) is 0 Å². The predicted octanol–water partition coefficient (Wildman–Crippen LogP) is 8.00. The van der Waals surface area contributed by atoms with Crippen LogP contribution in [0.25, 0.3) is 0 Å². The van der Waals surface area contributed by atoms with E-state index in [0.29, 0.717) is 12.8 Å². The molecule has 0 saturated carbocycles. The third-order valence-corrected chi connectivity index (χ3v) is 10.3. The smallest absolute Gasteiger partial charge is 0.306 e. The Balaban J connectivity index is 2.50. The minimum absolute atomic E-state index is 0.160. The van der Waals surface area contributed by atoms with E-state index in [2.05, 4.69) is 26.0 Å². The minimum atomic E-state index is -4.60. The number of rotatable bonds is 34. The van der Waals surface area contributed by atoms with Crippen LogP contribution < -0.4 is 0 Å². The molecular formula is C43H74O12S. The van der Waals surface area contributed by atoms with Gasteiger partial charge in [-0.05, 0) is 32.1 Å². The first-order valence-electron chi connectivity index (χ1n) is 21.2. The maximum absolute atomic E-state index is 12.8. The summed E-state index contributed by atoms with van der Waals surface area (Å²) in [6.45, 7) is 3.58. The van der Waals surface area contributed by atoms with Crippen molar-refractivity contribution in [2.45, 2.75) is 192 Å². The lowest BCUT2D eigenvalue weighted by molar-refractivity contribution is -0.297. The molecular weight excluding hydrogens is 741 g/mol. The lowest BCUT2D eigenvalue weighted by atomic mass is 10.00. The van der Waals surface area contributed by atoms with Gasteiger partial charge in [-0.25, -0.2) is 0 Å². The van der Waals surface area contributed by atoms with E-state index >= 15 is 0 Å². The molecule has 0 amide bonds. The molecule has 1 heterocycles. The molecule has 0 spiro atoms. The second-order valence-electron chi connectivity index (χ2n) is 14.7. The average Bonchev–Trinajstić information content (AvgIpc) is 3.16. The van der Waals surface area contributed by atoms with Crippen LogP contribution in [0.2, 0.25) is 0 Å². The highest BCUT2D eigenvalue weighted by atomic mass is 32.2. The Kier molecular flexibility index (Phi) is 30.9. The fourth-order valence-electron chi connectivity index (χ4n) is 6.22. The number of aliphatic hydroxyl groups is 3. The number of hydrogen-bond donors (Lipinski definition) is 4. The number of hydrogen-bond acceptors (Lipinski definition) is 11. The molecule has 1 aliphatic heterocycles. The number of allylic oxidation sites excluding steroid dienone is 8. The molecule has 1 aliphatic rings. The van der Waals surface area contributed by atoms with E-state index < -0.39 is 71.2 Å². The van der Waals surface area contributed by atoms with Gasteiger partial charge in [0.1, 0.15) is 36.8 Å². The summed E-state index contributed by atoms with van der Waals surface area (Å²) in [6.07, 6.45) is 28.7. The zero-order valence-corrected chi connectivity index (χ0v) is 35.0. The summed E-state index contributed by atoms with van der Waals surface area (Å²) in [7, 11) is -4.60. The van der Waals surface area contributed by atoms with Crippen molar-refractivity contribution in [1.29, 1.82) is 0 Å². The highest BCUT2D eigenvalue weighted by molar-refractivity contribution is 7.85. The van der Waals surface area contributed by atoms with Crippen LogP contribution in [0.3, 0.4) is 0 Å². The maximum atomic E-state index is 12.8. The molecule has 1 saturated heterocycles. The summed E-state index contributed by atoms with van der Waals surface area (Å²) >= 11 is 0. The molecule has 0 bridgehead atoms. The highest BCUT2D eigenvalue weighted by Gasteiger charge is 2.46. The van der Waals surface area contributed by atoms with Crippen molar-refractivity contribution >= 4 is 22.1 Å². The number of carbonyl (C=O) groups excluding carboxylic acids is 2. The summed E-state index contributed by atoms with van der Waals surface area (Å²) in [6, 6.07) is 0. The summed E-state index contributed by atoms with van der Waals surface area (Å²) in [5, 5.41) is 30.8. The van der Waals surface area contributed by atoms with E-state index in [0.717, 1.165) is 57.8 Å². The van der Waals surface area contributed by atoms with Gasteiger partial charge in [-0.3, -0.25) is 14.1 Å². The molecule has 0 aromatic carbocycles. The Hall–Kier alpha value is -2.39. The summed E-state index contributed by atoms with van der Waals surface area (Å²) in [5.74, 6) is -2.01. The second kappa shape index (κ2) is 33.6. The molecule has 324 valence electrons. The van der Waals surface area contributed by atoms with Crippen LogP contribution in [0, 0.1) is 0 Å². The molecule has 4 N–H and O–H groups in total. The second-order valence-corrected chi connectivity index (χ2v) is 16.2. The van der Waals surface area contributed by atoms with Crippen LogP contribution >= 0.6 is 0 Å². The van der Waals surface area contributed by atoms with Crippen molar-refractivity contribution in [2.75, 3.05) is 19.0 Å². The molecule has 6 atom stereocenters. The highest BCUT2D eigenvalue weighted by Crippen LogP contribution is 2.24. The van der Waals surface area contributed by atoms with Gasteiger partial charge < -0.3 is 34.3 Å². The van der Waals surface area contributed by atoms with E-state index in [9.17, 15) is 37.9 Å². The zero-order chi connectivity index (χ0) is 41.3. The van der Waals surface area contributed by atoms with Crippen LogP contribution in [0.4, 0.5) is 0 Å². The van der Waals surface area contributed by atoms with Crippen molar-refractivity contribution in [3.05, 3.63) is 48.6 Å². The molecule has 12 nitrogen and oxygen atoms in total. The van der Waals surface area contributed by atoms with Crippen molar-refractivity contribution in [3.63, 3.8) is 0 Å². The monoisotopic (exact) mass is 814 g/mol. The van der Waals surface area contributed by atoms with Gasteiger partial charge in [0.05, 0.1) is 6.61 Å². The predicted molar refractivity (Wildman–Crippen MR) is 219 cm³/mol. The van der Waals surface area contributed by atoms with Crippen LogP contribution in [0.5, 0.6) is 0 Å². The van der Waals surface area contributed by atoms with Gasteiger partial charge in [0.25, 0.3) is 10.1 Å². The van der Waals surface area contributed by atoms with Crippen LogP contribution in [0.15, 0.2) is 48.6 Å². The largest absolute Gasteiger partial charge is 0.462 e. The Bertz CT molecular complexity index is 1230. The minimum Gasteiger partial charge on any atom is -0.462 e. The summed E-state index contributed by atoms with van der Waals surface area (Å²) in [4.78, 5) is 25.3. The lowest BCUT2D eigenvalue weighted by Gasteiger charge is -2.40. The number of carbonyl (C=O) groups is 2. The SMILES string of the molecule is CC/C=C/C=C/C=C/C=C/CCCCCCCC(=O)OC[C@H](CO[C@H]1O[C@H](CS(=O)(=O)O)[C@@H](O)C(O)C1O)OC(=O)CCCCCCCCCCCCCCC. The first kappa shape index (κ1) is 51.6. The van der Waals surface area contributed by atoms with Crippen molar-refractivity contribution < 1.29 is 56.8 Å². The Labute approximate surface area is 337 Å². The van der Waals surface area contributed by atoms with Gasteiger partial charge in [-0.2, -0.15) is 8.42 Å². The van der Waals surface area contributed by atoms with Crippen LogP contribution in [0.1, 0.15) is 155 Å². The van der Waals surface area contributed by atoms with E-state index in [4.69, 9.17) is 18.9 Å². The van der Waals surface area contributed by atoms with E-state index in [1.165, 1.54) is 57.8 Å². The van der Waals surface area contributed by atoms with Crippen molar-refractivity contribution in [2.24, 2.45) is 0 Å². The van der Waals surface area contributed by atoms with Gasteiger partial charge in [-0.1, -0.05) is 159 Å². The molecule has 0 aromatic rings. The Morgan fingerprint density at radius 1 is 0.625 bits per heavy atom. The van der Waals surface area contributed by atoms with Gasteiger partial charge in [0.2, 0.25) is 0 Å². The molecule has 1 rings (SSSR count). The van der Waals surface area contributed by atoms with E-state index in [-0.39, 0.29) is 19.4 Å². The first-order valence-corrected chi connectivity index (χ1v) is 22.9. The summed E-state index contributed by atoms with van der Waals surface area (Å²) in [5.41, 5.74) is 0. The number of esters is 2. The normalized spacial score (nSPS) is 21.1. The first-order chi connectivity index (χ1) is 27.0. The third kappa shape index (κ3) is 28.1. The maximum Gasteiger partial charge on any atom is 0.306 e. The van der Waals surface area contributed by atoms with Crippen LogP contribution in [-0.2, 0) is 38.7 Å². The molecule has 0 aromatic heterocycles. The number of ether oxygens (including phenoxy) is 4. The van der Waals surface area contributed by atoms with Gasteiger partial charge in [0, 0.05) is 12.8 Å². The Morgan fingerprint density at radius 3 is 1.68 bits per heavy atom. The van der Waals surface area contributed by atoms with E-state index in [1.54, 1.807) is 0 Å². The topological polar surface area (TPSA) is 186 Å². The molecule has 2 unspecified atom stereocenters. The van der Waals surface area contributed by atoms with Gasteiger partial charge >= 0.3 is 11.9 Å².